The van der Waals surface area contributed by atoms with Crippen LogP contribution in [0.15, 0.2) is 29.3 Å². The fourth-order valence-electron chi connectivity index (χ4n) is 4.21. The lowest BCUT2D eigenvalue weighted by Crippen LogP contribution is -2.46. The molecule has 0 amide bonds. The highest BCUT2D eigenvalue weighted by Crippen LogP contribution is 2.35. The molecule has 0 saturated carbocycles. The van der Waals surface area contributed by atoms with Crippen LogP contribution in [0, 0.1) is 5.92 Å². The Morgan fingerprint density at radius 2 is 1.97 bits per heavy atom. The molecule has 2 N–H and O–H groups in total. The minimum Gasteiger partial charge on any atom is -0.497 e. The van der Waals surface area contributed by atoms with Crippen molar-refractivity contribution in [2.24, 2.45) is 10.9 Å². The summed E-state index contributed by atoms with van der Waals surface area (Å²) in [6.07, 6.45) is 3.50. The number of methoxy groups -OCH3 is 2. The Morgan fingerprint density at radius 3 is 2.63 bits per heavy atom. The third-order valence-corrected chi connectivity index (χ3v) is 5.89. The number of nitrogens with zero attached hydrogens (tertiary/aromatic N) is 3. The van der Waals surface area contributed by atoms with Gasteiger partial charge in [-0.25, -0.2) is 0 Å². The van der Waals surface area contributed by atoms with Gasteiger partial charge in [0.15, 0.2) is 5.96 Å². The molecule has 7 heteroatoms. The predicted molar refractivity (Wildman–Crippen MR) is 124 cm³/mol. The van der Waals surface area contributed by atoms with Gasteiger partial charge in [-0.1, -0.05) is 12.1 Å². The number of likely N-dealkylation sites (tertiary alicyclic amines) is 1. The van der Waals surface area contributed by atoms with Gasteiger partial charge in [-0.15, -0.1) is 0 Å². The fraction of sp³-hybridized carbons (Fsp3) is 0.696. The van der Waals surface area contributed by atoms with E-state index in [2.05, 4.69) is 63.8 Å². The van der Waals surface area contributed by atoms with Gasteiger partial charge in [0.1, 0.15) is 5.75 Å². The third kappa shape index (κ3) is 7.78. The zero-order valence-corrected chi connectivity index (χ0v) is 19.5. The first-order valence-electron chi connectivity index (χ1n) is 11.0. The summed E-state index contributed by atoms with van der Waals surface area (Å²) in [6.45, 7) is 5.74. The molecule has 1 aromatic carbocycles. The number of guanidine groups is 1. The predicted octanol–water partition coefficient (Wildman–Crippen LogP) is 2.21. The second-order valence-electron chi connectivity index (χ2n) is 8.13. The van der Waals surface area contributed by atoms with E-state index in [0.29, 0.717) is 12.0 Å². The van der Waals surface area contributed by atoms with Crippen LogP contribution in [-0.4, -0.2) is 90.5 Å². The summed E-state index contributed by atoms with van der Waals surface area (Å²) in [6, 6.07) is 8.93. The van der Waals surface area contributed by atoms with Crippen molar-refractivity contribution in [1.29, 1.82) is 0 Å². The Bertz CT molecular complexity index is 623. The van der Waals surface area contributed by atoms with Gasteiger partial charge in [0.05, 0.1) is 7.11 Å². The maximum absolute atomic E-state index is 5.33. The molecule has 2 unspecified atom stereocenters. The van der Waals surface area contributed by atoms with Crippen LogP contribution in [0.25, 0.3) is 0 Å². The van der Waals surface area contributed by atoms with Crippen molar-refractivity contribution in [2.75, 3.05) is 74.7 Å². The highest BCUT2D eigenvalue weighted by atomic mass is 16.5. The van der Waals surface area contributed by atoms with E-state index in [-0.39, 0.29) is 0 Å². The van der Waals surface area contributed by atoms with Gasteiger partial charge in [0.2, 0.25) is 0 Å². The van der Waals surface area contributed by atoms with E-state index >= 15 is 0 Å². The molecule has 0 bridgehead atoms. The molecule has 0 aliphatic carbocycles. The van der Waals surface area contributed by atoms with Gasteiger partial charge in [0, 0.05) is 53.0 Å². The molecule has 0 spiro atoms. The molecule has 0 aromatic heterocycles. The number of aliphatic imine (C=N–C) groups is 1. The number of ether oxygens (including phenoxy) is 2. The second-order valence-corrected chi connectivity index (χ2v) is 8.13. The zero-order valence-electron chi connectivity index (χ0n) is 19.5. The quantitative estimate of drug-likeness (QED) is 0.326. The molecule has 1 fully saturated rings. The minimum atomic E-state index is 0.405. The summed E-state index contributed by atoms with van der Waals surface area (Å²) in [7, 11) is 9.68. The normalized spacial score (nSPS) is 20.4. The van der Waals surface area contributed by atoms with Crippen molar-refractivity contribution in [2.45, 2.75) is 25.3 Å². The molecule has 0 radical (unpaired) electrons. The van der Waals surface area contributed by atoms with Crippen molar-refractivity contribution < 1.29 is 9.47 Å². The first kappa shape index (κ1) is 24.4. The van der Waals surface area contributed by atoms with Gasteiger partial charge in [-0.2, -0.15) is 0 Å². The molecule has 170 valence electrons. The molecular weight excluding hydrogens is 378 g/mol. The molecule has 1 aliphatic heterocycles. The van der Waals surface area contributed by atoms with Gasteiger partial charge < -0.3 is 25.0 Å². The van der Waals surface area contributed by atoms with Crippen LogP contribution in [0.3, 0.4) is 0 Å². The number of hydrogen-bond acceptors (Lipinski definition) is 5. The molecule has 7 nitrogen and oxygen atoms in total. The first-order chi connectivity index (χ1) is 14.6. The molecule has 1 saturated heterocycles. The molecule has 30 heavy (non-hydrogen) atoms. The Morgan fingerprint density at radius 1 is 1.20 bits per heavy atom. The molecule has 2 rings (SSSR count). The lowest BCUT2D eigenvalue weighted by molar-refractivity contribution is 0.122. The Kier molecular flexibility index (Phi) is 11.0. The number of piperidine rings is 1. The lowest BCUT2D eigenvalue weighted by atomic mass is 9.85. The van der Waals surface area contributed by atoms with Gasteiger partial charge in [-0.3, -0.25) is 9.89 Å². The van der Waals surface area contributed by atoms with Crippen LogP contribution in [0.2, 0.25) is 0 Å². The maximum Gasteiger partial charge on any atom is 0.191 e. The Labute approximate surface area is 182 Å². The van der Waals surface area contributed by atoms with E-state index in [9.17, 15) is 0 Å². The number of rotatable bonds is 11. The smallest absolute Gasteiger partial charge is 0.191 e. The number of nitrogens with one attached hydrogen (secondary N) is 2. The average Bonchev–Trinajstić information content (AvgIpc) is 2.76. The first-order valence-corrected chi connectivity index (χ1v) is 11.0. The SMILES string of the molecule is CN=C(NCCN(C)CCCOC)NCC1CCCN(C)C1c1ccc(OC)cc1. The monoisotopic (exact) mass is 419 g/mol. The van der Waals surface area contributed by atoms with Crippen molar-refractivity contribution in [1.82, 2.24) is 20.4 Å². The van der Waals surface area contributed by atoms with E-state index in [1.54, 1.807) is 14.2 Å². The zero-order chi connectivity index (χ0) is 21.8. The fourth-order valence-corrected chi connectivity index (χ4v) is 4.21. The topological polar surface area (TPSA) is 61.4 Å². The standard InChI is InChI=1S/C23H41N5O2/c1-24-23(25-13-16-27(2)14-7-17-29-4)26-18-20-8-6-15-28(3)22(20)19-9-11-21(30-5)12-10-19/h9-12,20,22H,6-8,13-18H2,1-5H3,(H2,24,25,26). The largest absolute Gasteiger partial charge is 0.497 e. The molecule has 1 aromatic rings. The third-order valence-electron chi connectivity index (χ3n) is 5.89. The van der Waals surface area contributed by atoms with Crippen LogP contribution in [0.5, 0.6) is 5.75 Å². The summed E-state index contributed by atoms with van der Waals surface area (Å²) in [4.78, 5) is 9.20. The molecule has 2 atom stereocenters. The lowest BCUT2D eigenvalue weighted by Gasteiger charge is -2.40. The van der Waals surface area contributed by atoms with Crippen LogP contribution in [0.1, 0.15) is 30.9 Å². The average molecular weight is 420 g/mol. The van der Waals surface area contributed by atoms with Gasteiger partial charge in [0.25, 0.3) is 0 Å². The highest BCUT2D eigenvalue weighted by molar-refractivity contribution is 5.79. The Balaban J connectivity index is 1.84. The molecule has 1 aliphatic rings. The number of hydrogen-bond donors (Lipinski definition) is 2. The maximum atomic E-state index is 5.33. The van der Waals surface area contributed by atoms with Crippen molar-refractivity contribution >= 4 is 5.96 Å². The van der Waals surface area contributed by atoms with E-state index < -0.39 is 0 Å². The van der Waals surface area contributed by atoms with Gasteiger partial charge >= 0.3 is 0 Å². The minimum absolute atomic E-state index is 0.405. The summed E-state index contributed by atoms with van der Waals surface area (Å²) in [5.74, 6) is 2.32. The summed E-state index contributed by atoms with van der Waals surface area (Å²) >= 11 is 0. The van der Waals surface area contributed by atoms with Crippen molar-refractivity contribution in [3.8, 4) is 5.75 Å². The highest BCUT2D eigenvalue weighted by Gasteiger charge is 2.30. The number of benzene rings is 1. The van der Waals surface area contributed by atoms with Crippen molar-refractivity contribution in [3.05, 3.63) is 29.8 Å². The summed E-state index contributed by atoms with van der Waals surface area (Å²) < 4.78 is 10.4. The van der Waals surface area contributed by atoms with Crippen LogP contribution < -0.4 is 15.4 Å². The van der Waals surface area contributed by atoms with E-state index in [1.165, 1.54) is 18.4 Å². The van der Waals surface area contributed by atoms with Crippen LogP contribution >= 0.6 is 0 Å². The van der Waals surface area contributed by atoms with E-state index in [0.717, 1.165) is 57.5 Å². The van der Waals surface area contributed by atoms with Gasteiger partial charge in [-0.05, 0) is 63.5 Å². The van der Waals surface area contributed by atoms with Crippen LogP contribution in [-0.2, 0) is 4.74 Å². The summed E-state index contributed by atoms with van der Waals surface area (Å²) in [5.41, 5.74) is 1.35. The molecular formula is C23H41N5O2. The van der Waals surface area contributed by atoms with E-state index in [1.807, 2.05) is 7.05 Å². The van der Waals surface area contributed by atoms with Crippen molar-refractivity contribution in [3.63, 3.8) is 0 Å². The summed E-state index contributed by atoms with van der Waals surface area (Å²) in [5, 5.41) is 7.00. The molecule has 1 heterocycles. The van der Waals surface area contributed by atoms with Crippen LogP contribution in [0.4, 0.5) is 0 Å². The Hall–Kier alpha value is -1.83. The number of likely N-dealkylation sites (N-methyl/N-ethyl adjacent to an activating group) is 1. The van der Waals surface area contributed by atoms with E-state index in [4.69, 9.17) is 9.47 Å². The second kappa shape index (κ2) is 13.5.